The summed E-state index contributed by atoms with van der Waals surface area (Å²) in [5.74, 6) is 0. The van der Waals surface area contributed by atoms with E-state index < -0.39 is 0 Å². The molecule has 2 rings (SSSR count). The van der Waals surface area contributed by atoms with E-state index in [0.717, 1.165) is 31.7 Å². The zero-order valence-corrected chi connectivity index (χ0v) is 11.9. The predicted molar refractivity (Wildman–Crippen MR) is 81.3 cm³/mol. The number of hydrogen-bond acceptors (Lipinski definition) is 3. The third kappa shape index (κ3) is 2.65. The topological polar surface area (TPSA) is 32.5 Å². The summed E-state index contributed by atoms with van der Waals surface area (Å²) in [5, 5.41) is 0. The first-order chi connectivity index (χ1) is 8.63. The number of para-hydroxylation sites is 1. The summed E-state index contributed by atoms with van der Waals surface area (Å²) in [6, 6.07) is 8.73. The maximum absolute atomic E-state index is 5.80. The monoisotopic (exact) mass is 263 g/mol. The number of nitrogens with two attached hydrogens (primary N) is 1. The smallest absolute Gasteiger partial charge is 0.106 e. The molecular formula is C14H21N3S. The molecule has 1 aromatic carbocycles. The molecule has 1 aliphatic heterocycles. The molecule has 98 valence electrons. The lowest BCUT2D eigenvalue weighted by molar-refractivity contribution is 0.199. The number of benzene rings is 1. The van der Waals surface area contributed by atoms with Gasteiger partial charge in [0, 0.05) is 36.9 Å². The second-order valence-corrected chi connectivity index (χ2v) is 5.24. The lowest BCUT2D eigenvalue weighted by Gasteiger charge is -2.41. The molecule has 18 heavy (non-hydrogen) atoms. The van der Waals surface area contributed by atoms with Gasteiger partial charge in [-0.1, -0.05) is 31.3 Å². The van der Waals surface area contributed by atoms with Gasteiger partial charge in [-0.15, -0.1) is 0 Å². The molecular weight excluding hydrogens is 242 g/mol. The number of likely N-dealkylation sites (N-methyl/N-ethyl adjacent to an activating group) is 1. The molecule has 0 radical (unpaired) electrons. The largest absolute Gasteiger partial charge is 0.389 e. The van der Waals surface area contributed by atoms with E-state index in [1.807, 2.05) is 18.2 Å². The quantitative estimate of drug-likeness (QED) is 0.844. The standard InChI is InChI=1S/C14H21N3S/c1-3-16-8-9-17(10-11(16)2)13-7-5-4-6-12(13)14(15)18/h4-7,11H,3,8-10H2,1-2H3,(H2,15,18). The average molecular weight is 263 g/mol. The summed E-state index contributed by atoms with van der Waals surface area (Å²) >= 11 is 5.14. The van der Waals surface area contributed by atoms with Gasteiger partial charge in [-0.2, -0.15) is 0 Å². The normalized spacial score (nSPS) is 21.0. The van der Waals surface area contributed by atoms with E-state index in [2.05, 4.69) is 29.7 Å². The highest BCUT2D eigenvalue weighted by Gasteiger charge is 2.23. The average Bonchev–Trinajstić information content (AvgIpc) is 2.38. The van der Waals surface area contributed by atoms with Gasteiger partial charge in [-0.05, 0) is 25.6 Å². The molecule has 3 nitrogen and oxygen atoms in total. The molecule has 1 heterocycles. The number of hydrogen-bond donors (Lipinski definition) is 1. The minimum absolute atomic E-state index is 0.483. The molecule has 0 amide bonds. The van der Waals surface area contributed by atoms with Gasteiger partial charge < -0.3 is 10.6 Å². The Morgan fingerprint density at radius 3 is 2.72 bits per heavy atom. The second kappa shape index (κ2) is 5.67. The van der Waals surface area contributed by atoms with Crippen molar-refractivity contribution in [2.75, 3.05) is 31.1 Å². The van der Waals surface area contributed by atoms with Crippen LogP contribution in [0.4, 0.5) is 5.69 Å². The van der Waals surface area contributed by atoms with E-state index >= 15 is 0 Å². The van der Waals surface area contributed by atoms with Gasteiger partial charge in [0.1, 0.15) is 4.99 Å². The van der Waals surface area contributed by atoms with Gasteiger partial charge in [0.15, 0.2) is 0 Å². The first kappa shape index (κ1) is 13.3. The van der Waals surface area contributed by atoms with Crippen LogP contribution in [0.25, 0.3) is 0 Å². The highest BCUT2D eigenvalue weighted by molar-refractivity contribution is 7.80. The first-order valence-electron chi connectivity index (χ1n) is 6.51. The van der Waals surface area contributed by atoms with Crippen LogP contribution in [-0.4, -0.2) is 42.1 Å². The van der Waals surface area contributed by atoms with Gasteiger partial charge in [-0.3, -0.25) is 4.90 Å². The summed E-state index contributed by atoms with van der Waals surface area (Å²) in [6.45, 7) is 8.79. The fourth-order valence-electron chi connectivity index (χ4n) is 2.64. The van der Waals surface area contributed by atoms with Gasteiger partial charge in [0.05, 0.1) is 0 Å². The van der Waals surface area contributed by atoms with E-state index in [-0.39, 0.29) is 0 Å². The van der Waals surface area contributed by atoms with Gasteiger partial charge in [0.2, 0.25) is 0 Å². The molecule has 1 aliphatic rings. The number of piperazine rings is 1. The van der Waals surface area contributed by atoms with Crippen molar-refractivity contribution in [3.63, 3.8) is 0 Å². The molecule has 1 fully saturated rings. The zero-order valence-electron chi connectivity index (χ0n) is 11.1. The van der Waals surface area contributed by atoms with E-state index in [1.54, 1.807) is 0 Å². The fraction of sp³-hybridized carbons (Fsp3) is 0.500. The summed E-state index contributed by atoms with van der Waals surface area (Å²) in [7, 11) is 0. The molecule has 1 atom stereocenters. The van der Waals surface area contributed by atoms with Crippen LogP contribution in [0.3, 0.4) is 0 Å². The van der Waals surface area contributed by atoms with Crippen molar-refractivity contribution in [3.8, 4) is 0 Å². The van der Waals surface area contributed by atoms with Crippen LogP contribution in [0.2, 0.25) is 0 Å². The van der Waals surface area contributed by atoms with Crippen LogP contribution in [0.5, 0.6) is 0 Å². The van der Waals surface area contributed by atoms with Crippen molar-refractivity contribution < 1.29 is 0 Å². The SMILES string of the molecule is CCN1CCN(c2ccccc2C(N)=S)CC1C. The Balaban J connectivity index is 2.20. The van der Waals surface area contributed by atoms with Gasteiger partial charge >= 0.3 is 0 Å². The number of thiocarbonyl (C=S) groups is 1. The third-order valence-corrected chi connectivity index (χ3v) is 3.90. The zero-order chi connectivity index (χ0) is 13.1. The van der Waals surface area contributed by atoms with Crippen LogP contribution >= 0.6 is 12.2 Å². The fourth-order valence-corrected chi connectivity index (χ4v) is 2.81. The molecule has 0 spiro atoms. The second-order valence-electron chi connectivity index (χ2n) is 4.81. The van der Waals surface area contributed by atoms with E-state index in [4.69, 9.17) is 18.0 Å². The Morgan fingerprint density at radius 1 is 1.39 bits per heavy atom. The molecule has 0 saturated carbocycles. The number of nitrogens with zero attached hydrogens (tertiary/aromatic N) is 2. The Kier molecular flexibility index (Phi) is 4.19. The molecule has 2 N–H and O–H groups in total. The van der Waals surface area contributed by atoms with Crippen molar-refractivity contribution in [2.24, 2.45) is 5.73 Å². The Bertz CT molecular complexity index is 433. The molecule has 1 unspecified atom stereocenters. The minimum Gasteiger partial charge on any atom is -0.389 e. The molecule has 0 bridgehead atoms. The van der Waals surface area contributed by atoms with Crippen molar-refractivity contribution in [2.45, 2.75) is 19.9 Å². The van der Waals surface area contributed by atoms with Crippen molar-refractivity contribution in [1.29, 1.82) is 0 Å². The highest BCUT2D eigenvalue weighted by atomic mass is 32.1. The van der Waals surface area contributed by atoms with E-state index in [0.29, 0.717) is 11.0 Å². The van der Waals surface area contributed by atoms with E-state index in [1.165, 1.54) is 5.69 Å². The van der Waals surface area contributed by atoms with Gasteiger partial charge in [-0.25, -0.2) is 0 Å². The maximum Gasteiger partial charge on any atom is 0.106 e. The van der Waals surface area contributed by atoms with Crippen LogP contribution in [-0.2, 0) is 0 Å². The molecule has 0 aromatic heterocycles. The minimum atomic E-state index is 0.483. The van der Waals surface area contributed by atoms with Crippen molar-refractivity contribution >= 4 is 22.9 Å². The lowest BCUT2D eigenvalue weighted by atomic mass is 10.1. The molecule has 1 saturated heterocycles. The Hall–Kier alpha value is -1.13. The summed E-state index contributed by atoms with van der Waals surface area (Å²) in [6.07, 6.45) is 0. The van der Waals surface area contributed by atoms with E-state index in [9.17, 15) is 0 Å². The van der Waals surface area contributed by atoms with Crippen LogP contribution < -0.4 is 10.6 Å². The summed E-state index contributed by atoms with van der Waals surface area (Å²) in [4.78, 5) is 5.38. The highest BCUT2D eigenvalue weighted by Crippen LogP contribution is 2.23. The van der Waals surface area contributed by atoms with Crippen molar-refractivity contribution in [1.82, 2.24) is 4.90 Å². The maximum atomic E-state index is 5.80. The summed E-state index contributed by atoms with van der Waals surface area (Å²) in [5.41, 5.74) is 7.97. The van der Waals surface area contributed by atoms with Crippen LogP contribution in [0, 0.1) is 0 Å². The summed E-state index contributed by atoms with van der Waals surface area (Å²) < 4.78 is 0. The van der Waals surface area contributed by atoms with Crippen molar-refractivity contribution in [3.05, 3.63) is 29.8 Å². The first-order valence-corrected chi connectivity index (χ1v) is 6.92. The Labute approximate surface area is 115 Å². The van der Waals surface area contributed by atoms with Crippen LogP contribution in [0.15, 0.2) is 24.3 Å². The Morgan fingerprint density at radius 2 is 2.11 bits per heavy atom. The molecule has 1 aromatic rings. The van der Waals surface area contributed by atoms with Crippen LogP contribution in [0.1, 0.15) is 19.4 Å². The predicted octanol–water partition coefficient (Wildman–Crippen LogP) is 1.85. The molecule has 0 aliphatic carbocycles. The van der Waals surface area contributed by atoms with Gasteiger partial charge in [0.25, 0.3) is 0 Å². The molecule has 4 heteroatoms. The number of anilines is 1. The number of rotatable bonds is 3. The third-order valence-electron chi connectivity index (χ3n) is 3.68. The lowest BCUT2D eigenvalue weighted by Crippen LogP contribution is -2.52.